The summed E-state index contributed by atoms with van der Waals surface area (Å²) < 4.78 is 19.4. The lowest BCUT2D eigenvalue weighted by molar-refractivity contribution is -0.139. The summed E-state index contributed by atoms with van der Waals surface area (Å²) in [7, 11) is 5.51. The summed E-state index contributed by atoms with van der Waals surface area (Å²) >= 11 is 4.93. The highest BCUT2D eigenvalue weighted by Gasteiger charge is 2.35. The van der Waals surface area contributed by atoms with Crippen LogP contribution in [-0.2, 0) is 9.53 Å². The van der Waals surface area contributed by atoms with Crippen LogP contribution < -0.4 is 29.3 Å². The van der Waals surface area contributed by atoms with Crippen molar-refractivity contribution in [3.05, 3.63) is 83.0 Å². The van der Waals surface area contributed by atoms with Gasteiger partial charge in [0.1, 0.15) is 0 Å². The number of fused-ring (bicyclic) bond motifs is 1. The predicted octanol–water partition coefficient (Wildman–Crippen LogP) is 4.03. The molecule has 0 unspecified atom stereocenters. The van der Waals surface area contributed by atoms with Crippen LogP contribution in [0.25, 0.3) is 6.08 Å². The van der Waals surface area contributed by atoms with E-state index in [0.717, 1.165) is 11.3 Å². The number of hydrogen-bond donors (Lipinski definition) is 0. The number of methoxy groups -OCH3 is 1. The molecule has 0 bridgehead atoms. The number of rotatable bonds is 8. The van der Waals surface area contributed by atoms with Crippen molar-refractivity contribution >= 4 is 45.0 Å². The zero-order valence-corrected chi connectivity index (χ0v) is 24.6. The highest BCUT2D eigenvalue weighted by Crippen LogP contribution is 2.41. The molecule has 0 amide bonds. The van der Waals surface area contributed by atoms with E-state index in [9.17, 15) is 9.59 Å². The predicted molar refractivity (Wildman–Crippen MR) is 153 cm³/mol. The monoisotopic (exact) mass is 599 g/mol. The van der Waals surface area contributed by atoms with E-state index in [4.69, 9.17) is 14.2 Å². The Morgan fingerprint density at radius 3 is 2.47 bits per heavy atom. The molecular formula is C28H30BrN3O5S. The lowest BCUT2D eigenvalue weighted by Crippen LogP contribution is -2.40. The Balaban J connectivity index is 1.95. The number of allylic oxidation sites excluding steroid dienone is 1. The fraction of sp³-hybridized carbons (Fsp3) is 0.321. The Labute approximate surface area is 233 Å². The van der Waals surface area contributed by atoms with Crippen LogP contribution in [-0.4, -0.2) is 45.0 Å². The molecule has 0 saturated carbocycles. The largest absolute Gasteiger partial charge is 0.493 e. The van der Waals surface area contributed by atoms with Gasteiger partial charge in [0, 0.05) is 24.3 Å². The van der Waals surface area contributed by atoms with Gasteiger partial charge < -0.3 is 19.1 Å². The second-order valence-electron chi connectivity index (χ2n) is 8.75. The zero-order valence-electron chi connectivity index (χ0n) is 22.2. The number of carbonyl (C=O) groups excluding carboxylic acids is 1. The van der Waals surface area contributed by atoms with E-state index >= 15 is 0 Å². The van der Waals surface area contributed by atoms with Gasteiger partial charge in [0.2, 0.25) is 0 Å². The quantitative estimate of drug-likeness (QED) is 0.364. The minimum Gasteiger partial charge on any atom is -0.493 e. The maximum Gasteiger partial charge on any atom is 0.338 e. The first-order valence-electron chi connectivity index (χ1n) is 12.2. The van der Waals surface area contributed by atoms with E-state index < -0.39 is 12.0 Å². The van der Waals surface area contributed by atoms with E-state index in [1.807, 2.05) is 56.3 Å². The highest BCUT2D eigenvalue weighted by molar-refractivity contribution is 9.10. The topological polar surface area (TPSA) is 82.4 Å². The first-order valence-corrected chi connectivity index (χ1v) is 13.8. The molecule has 8 nitrogen and oxygen atoms in total. The molecule has 200 valence electrons. The smallest absolute Gasteiger partial charge is 0.338 e. The van der Waals surface area contributed by atoms with Gasteiger partial charge in [-0.25, -0.2) is 9.79 Å². The minimum absolute atomic E-state index is 0.198. The van der Waals surface area contributed by atoms with Crippen LogP contribution in [0.4, 0.5) is 5.69 Å². The molecular weight excluding hydrogens is 570 g/mol. The number of halogens is 1. The average Bonchev–Trinajstić information content (AvgIpc) is 3.18. The van der Waals surface area contributed by atoms with Gasteiger partial charge >= 0.3 is 5.97 Å². The summed E-state index contributed by atoms with van der Waals surface area (Å²) in [5.41, 5.74) is 3.16. The molecule has 4 rings (SSSR count). The van der Waals surface area contributed by atoms with E-state index in [-0.39, 0.29) is 12.2 Å². The number of ether oxygens (including phenoxy) is 3. The van der Waals surface area contributed by atoms with Crippen molar-refractivity contribution < 1.29 is 19.0 Å². The Kier molecular flexibility index (Phi) is 8.42. The van der Waals surface area contributed by atoms with Gasteiger partial charge in [-0.3, -0.25) is 9.36 Å². The van der Waals surface area contributed by atoms with E-state index in [0.29, 0.717) is 48.7 Å². The molecule has 0 spiro atoms. The second kappa shape index (κ2) is 11.6. The van der Waals surface area contributed by atoms with E-state index in [2.05, 4.69) is 20.9 Å². The van der Waals surface area contributed by atoms with Crippen LogP contribution in [0.5, 0.6) is 11.5 Å². The normalized spacial score (nSPS) is 15.1. The number of aromatic nitrogens is 1. The Bertz CT molecular complexity index is 1570. The van der Waals surface area contributed by atoms with Crippen molar-refractivity contribution in [2.24, 2.45) is 4.99 Å². The minimum atomic E-state index is -0.775. The standard InChI is InChI=1S/C28H30BrN3O5S/c1-7-36-22-15-20(29)19(14-21(22)35-6)25-24(27(34)37-8-2)16(3)30-28-32(25)26(33)23(38-28)13-17-9-11-18(12-10-17)31(4)5/h9-15,25H,7-8H2,1-6H3/b23-13+/t25-/m0/s1. The molecule has 10 heteroatoms. The summed E-state index contributed by atoms with van der Waals surface area (Å²) in [6.45, 7) is 6.05. The molecule has 1 atom stereocenters. The summed E-state index contributed by atoms with van der Waals surface area (Å²) in [6.07, 6.45) is 1.84. The molecule has 0 saturated heterocycles. The molecule has 1 aliphatic heterocycles. The second-order valence-corrected chi connectivity index (χ2v) is 10.6. The number of anilines is 1. The van der Waals surface area contributed by atoms with E-state index in [1.165, 1.54) is 11.3 Å². The maximum atomic E-state index is 13.9. The van der Waals surface area contributed by atoms with Gasteiger partial charge in [0.15, 0.2) is 16.3 Å². The zero-order chi connectivity index (χ0) is 27.6. The Morgan fingerprint density at radius 2 is 1.87 bits per heavy atom. The SMILES string of the molecule is CCOC(=O)C1=C(C)N=c2s/c(=C/c3ccc(N(C)C)cc3)c(=O)n2[C@H]1c1cc(OC)c(OCC)cc1Br. The van der Waals surface area contributed by atoms with Crippen molar-refractivity contribution in [3.8, 4) is 11.5 Å². The molecule has 2 aromatic carbocycles. The van der Waals surface area contributed by atoms with Gasteiger partial charge in [-0.15, -0.1) is 0 Å². The third-order valence-corrected chi connectivity index (χ3v) is 7.77. The number of esters is 1. The molecule has 0 radical (unpaired) electrons. The van der Waals surface area contributed by atoms with Crippen LogP contribution in [0.2, 0.25) is 0 Å². The van der Waals surface area contributed by atoms with Gasteiger partial charge in [-0.2, -0.15) is 0 Å². The van der Waals surface area contributed by atoms with Crippen molar-refractivity contribution in [3.63, 3.8) is 0 Å². The molecule has 2 heterocycles. The third kappa shape index (κ3) is 5.28. The Hall–Kier alpha value is -3.37. The summed E-state index contributed by atoms with van der Waals surface area (Å²) in [5.74, 6) is 0.524. The van der Waals surface area contributed by atoms with E-state index in [1.54, 1.807) is 37.7 Å². The van der Waals surface area contributed by atoms with Gasteiger partial charge in [0.25, 0.3) is 5.56 Å². The number of carbonyl (C=O) groups is 1. The first kappa shape index (κ1) is 27.7. The number of hydrogen-bond acceptors (Lipinski definition) is 8. The van der Waals surface area contributed by atoms with Crippen molar-refractivity contribution in [1.82, 2.24) is 4.57 Å². The van der Waals surface area contributed by atoms with Crippen LogP contribution >= 0.6 is 27.3 Å². The van der Waals surface area contributed by atoms with Crippen LogP contribution in [0, 0.1) is 0 Å². The van der Waals surface area contributed by atoms with Gasteiger partial charge in [-0.05, 0) is 62.2 Å². The highest BCUT2D eigenvalue weighted by atomic mass is 79.9. The number of thiazole rings is 1. The maximum absolute atomic E-state index is 13.9. The van der Waals surface area contributed by atoms with Crippen LogP contribution in [0.1, 0.15) is 37.9 Å². The van der Waals surface area contributed by atoms with Gasteiger partial charge in [0.05, 0.1) is 42.2 Å². The molecule has 0 N–H and O–H groups in total. The fourth-order valence-electron chi connectivity index (χ4n) is 4.29. The summed E-state index contributed by atoms with van der Waals surface area (Å²) in [5, 5.41) is 0. The molecule has 1 aromatic heterocycles. The fourth-order valence-corrected chi connectivity index (χ4v) is 5.88. The third-order valence-electron chi connectivity index (χ3n) is 6.10. The molecule has 0 aliphatic carbocycles. The molecule has 38 heavy (non-hydrogen) atoms. The Morgan fingerprint density at radius 1 is 1.16 bits per heavy atom. The molecule has 1 aliphatic rings. The summed E-state index contributed by atoms with van der Waals surface area (Å²) in [4.78, 5) is 34.2. The van der Waals surface area contributed by atoms with Crippen molar-refractivity contribution in [1.29, 1.82) is 0 Å². The van der Waals surface area contributed by atoms with Crippen LogP contribution in [0.15, 0.2) is 61.9 Å². The van der Waals surface area contributed by atoms with Crippen LogP contribution in [0.3, 0.4) is 0 Å². The summed E-state index contributed by atoms with van der Waals surface area (Å²) in [6, 6.07) is 10.7. The average molecular weight is 601 g/mol. The number of benzene rings is 2. The molecule has 3 aromatic rings. The van der Waals surface area contributed by atoms with Crippen molar-refractivity contribution in [2.45, 2.75) is 26.8 Å². The lowest BCUT2D eigenvalue weighted by Gasteiger charge is -2.26. The first-order chi connectivity index (χ1) is 18.2. The lowest BCUT2D eigenvalue weighted by atomic mass is 9.95. The van der Waals surface area contributed by atoms with Crippen molar-refractivity contribution in [2.75, 3.05) is 39.3 Å². The molecule has 0 fully saturated rings. The number of nitrogens with zero attached hydrogens (tertiary/aromatic N) is 3. The van der Waals surface area contributed by atoms with Gasteiger partial charge in [-0.1, -0.05) is 39.4 Å².